The van der Waals surface area contributed by atoms with Crippen molar-refractivity contribution in [2.75, 3.05) is 19.8 Å². The van der Waals surface area contributed by atoms with Crippen LogP contribution in [0, 0.1) is 5.92 Å². The average molecular weight is 311 g/mol. The van der Waals surface area contributed by atoms with Crippen LogP contribution in [0.4, 0.5) is 0 Å². The number of ether oxygens (including phenoxy) is 1. The summed E-state index contributed by atoms with van der Waals surface area (Å²) in [5.74, 6) is 0.303. The maximum absolute atomic E-state index is 12.3. The Kier molecular flexibility index (Phi) is 5.22. The first kappa shape index (κ1) is 16.2. The number of hydrogen-bond donors (Lipinski definition) is 1. The first-order chi connectivity index (χ1) is 9.86. The Morgan fingerprint density at radius 1 is 1.48 bits per heavy atom. The van der Waals surface area contributed by atoms with Crippen LogP contribution in [0.2, 0.25) is 5.15 Å². The number of carbonyl (C=O) groups excluding carboxylic acids is 1. The van der Waals surface area contributed by atoms with Crippen LogP contribution >= 0.6 is 11.6 Å². The van der Waals surface area contributed by atoms with Gasteiger partial charge in [-0.05, 0) is 30.9 Å². The second kappa shape index (κ2) is 6.75. The van der Waals surface area contributed by atoms with Crippen molar-refractivity contribution in [3.63, 3.8) is 0 Å². The molecule has 1 saturated heterocycles. The van der Waals surface area contributed by atoms with Crippen LogP contribution in [-0.4, -0.2) is 30.6 Å². The lowest BCUT2D eigenvalue weighted by Gasteiger charge is -2.22. The van der Waals surface area contributed by atoms with Gasteiger partial charge in [-0.1, -0.05) is 32.4 Å². The minimum absolute atomic E-state index is 0.102. The van der Waals surface area contributed by atoms with Gasteiger partial charge in [0.2, 0.25) is 0 Å². The maximum Gasteiger partial charge on any atom is 0.251 e. The Hall–Kier alpha value is -1.13. The first-order valence-electron chi connectivity index (χ1n) is 7.40. The SMILES string of the molecule is CC(C)(C)c1cc(C(=O)NCC2CCCOC2)cc(Cl)n1. The van der Waals surface area contributed by atoms with Gasteiger partial charge < -0.3 is 10.1 Å². The van der Waals surface area contributed by atoms with Crippen LogP contribution in [0.5, 0.6) is 0 Å². The fourth-order valence-corrected chi connectivity index (χ4v) is 2.53. The number of nitrogens with zero attached hydrogens (tertiary/aromatic N) is 1. The van der Waals surface area contributed by atoms with Crippen molar-refractivity contribution in [2.45, 2.75) is 39.0 Å². The highest BCUT2D eigenvalue weighted by molar-refractivity contribution is 6.29. The second-order valence-electron chi connectivity index (χ2n) is 6.61. The molecular formula is C16H23ClN2O2. The smallest absolute Gasteiger partial charge is 0.251 e. The molecule has 21 heavy (non-hydrogen) atoms. The van der Waals surface area contributed by atoms with E-state index in [2.05, 4.69) is 10.3 Å². The molecule has 1 atom stereocenters. The average Bonchev–Trinajstić information content (AvgIpc) is 2.44. The molecule has 1 aromatic heterocycles. The maximum atomic E-state index is 12.3. The van der Waals surface area contributed by atoms with Gasteiger partial charge in [0, 0.05) is 29.8 Å². The molecule has 1 amide bonds. The molecule has 0 aromatic carbocycles. The molecule has 1 aliphatic heterocycles. The Bertz CT molecular complexity index is 505. The standard InChI is InChI=1S/C16H23ClN2O2/c1-16(2,3)13-7-12(8-14(17)19-13)15(20)18-9-11-5-4-6-21-10-11/h7-8,11H,4-6,9-10H2,1-3H3,(H,18,20). The summed E-state index contributed by atoms with van der Waals surface area (Å²) in [7, 11) is 0. The van der Waals surface area contributed by atoms with Crippen molar-refractivity contribution in [3.05, 3.63) is 28.5 Å². The summed E-state index contributed by atoms with van der Waals surface area (Å²) in [5.41, 5.74) is 1.25. The topological polar surface area (TPSA) is 51.2 Å². The van der Waals surface area contributed by atoms with E-state index in [0.717, 1.165) is 31.7 Å². The van der Waals surface area contributed by atoms with Gasteiger partial charge in [0.05, 0.1) is 6.61 Å². The Morgan fingerprint density at radius 2 is 2.24 bits per heavy atom. The lowest BCUT2D eigenvalue weighted by Crippen LogP contribution is -2.33. The zero-order chi connectivity index (χ0) is 15.5. The van der Waals surface area contributed by atoms with Gasteiger partial charge in [-0.3, -0.25) is 4.79 Å². The van der Waals surface area contributed by atoms with Crippen LogP contribution in [0.1, 0.15) is 49.7 Å². The number of nitrogens with one attached hydrogen (secondary N) is 1. The molecule has 2 heterocycles. The highest BCUT2D eigenvalue weighted by Crippen LogP contribution is 2.23. The number of rotatable bonds is 3. The number of aromatic nitrogens is 1. The lowest BCUT2D eigenvalue weighted by atomic mass is 9.91. The number of halogens is 1. The van der Waals surface area contributed by atoms with Crippen LogP contribution in [-0.2, 0) is 10.2 Å². The van der Waals surface area contributed by atoms with Crippen molar-refractivity contribution >= 4 is 17.5 Å². The summed E-state index contributed by atoms with van der Waals surface area (Å²) in [6.45, 7) is 8.35. The third-order valence-electron chi connectivity index (χ3n) is 3.63. The molecule has 1 unspecified atom stereocenters. The van der Waals surface area contributed by atoms with Crippen molar-refractivity contribution < 1.29 is 9.53 Å². The van der Waals surface area contributed by atoms with E-state index in [1.807, 2.05) is 26.8 Å². The predicted molar refractivity (Wildman–Crippen MR) is 83.8 cm³/mol. The molecule has 1 aromatic rings. The fourth-order valence-electron chi connectivity index (χ4n) is 2.32. The van der Waals surface area contributed by atoms with Gasteiger partial charge in [0.25, 0.3) is 5.91 Å². The van der Waals surface area contributed by atoms with Gasteiger partial charge in [0.1, 0.15) is 5.15 Å². The molecule has 0 spiro atoms. The molecule has 0 saturated carbocycles. The molecule has 0 bridgehead atoms. The summed E-state index contributed by atoms with van der Waals surface area (Å²) < 4.78 is 5.42. The highest BCUT2D eigenvalue weighted by Gasteiger charge is 2.20. The summed E-state index contributed by atoms with van der Waals surface area (Å²) in [5, 5.41) is 3.32. The summed E-state index contributed by atoms with van der Waals surface area (Å²) in [6, 6.07) is 3.43. The van der Waals surface area contributed by atoms with Gasteiger partial charge in [-0.2, -0.15) is 0 Å². The largest absolute Gasteiger partial charge is 0.381 e. The second-order valence-corrected chi connectivity index (χ2v) is 6.99. The highest BCUT2D eigenvalue weighted by atomic mass is 35.5. The van der Waals surface area contributed by atoms with E-state index in [1.54, 1.807) is 6.07 Å². The van der Waals surface area contributed by atoms with E-state index in [1.165, 1.54) is 0 Å². The first-order valence-corrected chi connectivity index (χ1v) is 7.78. The lowest BCUT2D eigenvalue weighted by molar-refractivity contribution is 0.0536. The predicted octanol–water partition coefficient (Wildman–Crippen LogP) is 3.19. The van der Waals surface area contributed by atoms with Gasteiger partial charge in [-0.25, -0.2) is 4.98 Å². The van der Waals surface area contributed by atoms with Crippen molar-refractivity contribution in [1.82, 2.24) is 10.3 Å². The zero-order valence-corrected chi connectivity index (χ0v) is 13.7. The monoisotopic (exact) mass is 310 g/mol. The van der Waals surface area contributed by atoms with Crippen LogP contribution < -0.4 is 5.32 Å². The molecule has 2 rings (SSSR count). The van der Waals surface area contributed by atoms with E-state index in [0.29, 0.717) is 23.2 Å². The number of hydrogen-bond acceptors (Lipinski definition) is 3. The van der Waals surface area contributed by atoms with Crippen molar-refractivity contribution in [1.29, 1.82) is 0 Å². The molecule has 0 radical (unpaired) electrons. The van der Waals surface area contributed by atoms with E-state index in [4.69, 9.17) is 16.3 Å². The van der Waals surface area contributed by atoms with Crippen LogP contribution in [0.15, 0.2) is 12.1 Å². The Morgan fingerprint density at radius 3 is 2.86 bits per heavy atom. The molecular weight excluding hydrogens is 288 g/mol. The minimum Gasteiger partial charge on any atom is -0.381 e. The molecule has 1 aliphatic rings. The molecule has 1 N–H and O–H groups in total. The Balaban J connectivity index is 2.03. The van der Waals surface area contributed by atoms with Gasteiger partial charge in [-0.15, -0.1) is 0 Å². The minimum atomic E-state index is -0.142. The van der Waals surface area contributed by atoms with E-state index < -0.39 is 0 Å². The van der Waals surface area contributed by atoms with E-state index in [-0.39, 0.29) is 11.3 Å². The number of carbonyl (C=O) groups is 1. The van der Waals surface area contributed by atoms with Crippen LogP contribution in [0.3, 0.4) is 0 Å². The summed E-state index contributed by atoms with van der Waals surface area (Å²) in [6.07, 6.45) is 2.17. The molecule has 5 heteroatoms. The van der Waals surface area contributed by atoms with E-state index >= 15 is 0 Å². The van der Waals surface area contributed by atoms with Gasteiger partial charge >= 0.3 is 0 Å². The van der Waals surface area contributed by atoms with E-state index in [9.17, 15) is 4.79 Å². The molecule has 1 fully saturated rings. The normalized spacial score (nSPS) is 19.3. The van der Waals surface area contributed by atoms with Crippen molar-refractivity contribution in [2.24, 2.45) is 5.92 Å². The van der Waals surface area contributed by atoms with Crippen LogP contribution in [0.25, 0.3) is 0 Å². The number of amides is 1. The van der Waals surface area contributed by atoms with Gasteiger partial charge in [0.15, 0.2) is 0 Å². The third-order valence-corrected chi connectivity index (χ3v) is 3.82. The summed E-state index contributed by atoms with van der Waals surface area (Å²) in [4.78, 5) is 16.6. The fraction of sp³-hybridized carbons (Fsp3) is 0.625. The van der Waals surface area contributed by atoms with Crippen molar-refractivity contribution in [3.8, 4) is 0 Å². The Labute approximate surface area is 131 Å². The number of pyridine rings is 1. The third kappa shape index (κ3) is 4.68. The molecule has 4 nitrogen and oxygen atoms in total. The molecule has 116 valence electrons. The zero-order valence-electron chi connectivity index (χ0n) is 12.9. The summed E-state index contributed by atoms with van der Waals surface area (Å²) >= 11 is 6.04. The quantitative estimate of drug-likeness (QED) is 0.872. The molecule has 0 aliphatic carbocycles.